The van der Waals surface area contributed by atoms with Crippen LogP contribution in [0.2, 0.25) is 0 Å². The minimum atomic E-state index is -0.304. The van der Waals surface area contributed by atoms with Crippen LogP contribution >= 0.6 is 0 Å². The fourth-order valence-corrected chi connectivity index (χ4v) is 1.51. The molecule has 0 aliphatic heterocycles. The van der Waals surface area contributed by atoms with Crippen molar-refractivity contribution in [2.75, 3.05) is 0 Å². The molecule has 19 heavy (non-hydrogen) atoms. The SMILES string of the molecule is Cc1cc(C(=N)N)nc(Oc2ccc(F)c(C)c2)n1. The number of ether oxygens (including phenoxy) is 1. The summed E-state index contributed by atoms with van der Waals surface area (Å²) in [6, 6.07) is 6.02. The van der Waals surface area contributed by atoms with Crippen LogP contribution in [0.1, 0.15) is 17.0 Å². The number of hydrogen-bond donors (Lipinski definition) is 2. The van der Waals surface area contributed by atoms with Gasteiger partial charge in [-0.3, -0.25) is 5.41 Å². The molecular weight excluding hydrogens is 247 g/mol. The number of benzene rings is 1. The van der Waals surface area contributed by atoms with Crippen LogP contribution in [0, 0.1) is 25.1 Å². The first kappa shape index (κ1) is 12.9. The molecule has 2 aromatic rings. The number of nitrogen functional groups attached to an aromatic ring is 1. The molecule has 98 valence electrons. The molecule has 0 fully saturated rings. The Hall–Kier alpha value is -2.50. The fourth-order valence-electron chi connectivity index (χ4n) is 1.51. The molecule has 0 amide bonds. The summed E-state index contributed by atoms with van der Waals surface area (Å²) < 4.78 is 18.6. The number of nitrogens with zero attached hydrogens (tertiary/aromatic N) is 2. The highest BCUT2D eigenvalue weighted by Gasteiger charge is 2.08. The van der Waals surface area contributed by atoms with Gasteiger partial charge in [-0.1, -0.05) is 0 Å². The number of rotatable bonds is 3. The van der Waals surface area contributed by atoms with Crippen molar-refractivity contribution in [3.63, 3.8) is 0 Å². The molecule has 1 aromatic carbocycles. The Balaban J connectivity index is 2.32. The van der Waals surface area contributed by atoms with Crippen LogP contribution in [0.15, 0.2) is 24.3 Å². The molecule has 0 spiro atoms. The van der Waals surface area contributed by atoms with Crippen LogP contribution in [0.4, 0.5) is 4.39 Å². The van der Waals surface area contributed by atoms with Crippen molar-refractivity contribution in [3.8, 4) is 11.8 Å². The summed E-state index contributed by atoms with van der Waals surface area (Å²) in [6.45, 7) is 3.39. The van der Waals surface area contributed by atoms with E-state index in [2.05, 4.69) is 9.97 Å². The van der Waals surface area contributed by atoms with E-state index in [1.54, 1.807) is 26.0 Å². The summed E-state index contributed by atoms with van der Waals surface area (Å²) in [5.74, 6) is -0.0356. The number of aromatic nitrogens is 2. The maximum Gasteiger partial charge on any atom is 0.322 e. The summed E-state index contributed by atoms with van der Waals surface area (Å²) in [7, 11) is 0. The molecule has 5 nitrogen and oxygen atoms in total. The van der Waals surface area contributed by atoms with Gasteiger partial charge in [0, 0.05) is 5.69 Å². The molecule has 0 atom stereocenters. The number of nitrogens with two attached hydrogens (primary N) is 1. The first-order valence-electron chi connectivity index (χ1n) is 5.60. The van der Waals surface area contributed by atoms with Gasteiger partial charge in [-0.2, -0.15) is 4.98 Å². The molecule has 1 aromatic heterocycles. The van der Waals surface area contributed by atoms with Gasteiger partial charge in [0.15, 0.2) is 0 Å². The highest BCUT2D eigenvalue weighted by molar-refractivity contribution is 5.93. The predicted octanol–water partition coefficient (Wildman–Crippen LogP) is 2.31. The highest BCUT2D eigenvalue weighted by atomic mass is 19.1. The number of aryl methyl sites for hydroxylation is 2. The van der Waals surface area contributed by atoms with Gasteiger partial charge in [0.25, 0.3) is 0 Å². The summed E-state index contributed by atoms with van der Waals surface area (Å²) in [4.78, 5) is 8.09. The van der Waals surface area contributed by atoms with Gasteiger partial charge < -0.3 is 10.5 Å². The quantitative estimate of drug-likeness (QED) is 0.655. The summed E-state index contributed by atoms with van der Waals surface area (Å²) in [6.07, 6.45) is 0. The Morgan fingerprint density at radius 2 is 2.00 bits per heavy atom. The molecular formula is C13H13FN4O. The van der Waals surface area contributed by atoms with Crippen molar-refractivity contribution in [1.29, 1.82) is 5.41 Å². The van der Waals surface area contributed by atoms with Crippen LogP contribution in [-0.4, -0.2) is 15.8 Å². The Morgan fingerprint density at radius 1 is 1.26 bits per heavy atom. The van der Waals surface area contributed by atoms with Gasteiger partial charge in [0.1, 0.15) is 23.1 Å². The third-order valence-electron chi connectivity index (χ3n) is 2.45. The number of hydrogen-bond acceptors (Lipinski definition) is 4. The van der Waals surface area contributed by atoms with Crippen molar-refractivity contribution in [2.24, 2.45) is 5.73 Å². The van der Waals surface area contributed by atoms with Crippen molar-refractivity contribution >= 4 is 5.84 Å². The molecule has 0 saturated heterocycles. The largest absolute Gasteiger partial charge is 0.424 e. The van der Waals surface area contributed by atoms with Crippen LogP contribution < -0.4 is 10.5 Å². The molecule has 2 rings (SSSR count). The summed E-state index contributed by atoms with van der Waals surface area (Å²) in [5.41, 5.74) is 6.77. The second-order valence-electron chi connectivity index (χ2n) is 4.10. The lowest BCUT2D eigenvalue weighted by atomic mass is 10.2. The fraction of sp³-hybridized carbons (Fsp3) is 0.154. The van der Waals surface area contributed by atoms with E-state index in [-0.39, 0.29) is 17.7 Å². The zero-order valence-corrected chi connectivity index (χ0v) is 10.6. The van der Waals surface area contributed by atoms with Crippen molar-refractivity contribution in [3.05, 3.63) is 47.0 Å². The van der Waals surface area contributed by atoms with Crippen molar-refractivity contribution in [1.82, 2.24) is 9.97 Å². The lowest BCUT2D eigenvalue weighted by molar-refractivity contribution is 0.438. The van der Waals surface area contributed by atoms with Gasteiger partial charge in [0.05, 0.1) is 0 Å². The Labute approximate surface area is 109 Å². The van der Waals surface area contributed by atoms with Gasteiger partial charge in [-0.15, -0.1) is 0 Å². The minimum absolute atomic E-state index is 0.0798. The average molecular weight is 260 g/mol. The smallest absolute Gasteiger partial charge is 0.322 e. The second-order valence-corrected chi connectivity index (χ2v) is 4.10. The molecule has 3 N–H and O–H groups in total. The average Bonchev–Trinajstić information content (AvgIpc) is 2.33. The van der Waals surface area contributed by atoms with Gasteiger partial charge in [-0.05, 0) is 43.7 Å². The lowest BCUT2D eigenvalue weighted by Gasteiger charge is -2.07. The molecule has 0 unspecified atom stereocenters. The topological polar surface area (TPSA) is 84.9 Å². The Morgan fingerprint density at radius 3 is 2.63 bits per heavy atom. The second kappa shape index (κ2) is 5.01. The Bertz CT molecular complexity index is 643. The highest BCUT2D eigenvalue weighted by Crippen LogP contribution is 2.21. The normalized spacial score (nSPS) is 10.3. The van der Waals surface area contributed by atoms with Crippen molar-refractivity contribution in [2.45, 2.75) is 13.8 Å². The Kier molecular flexibility index (Phi) is 3.41. The van der Waals surface area contributed by atoms with Crippen LogP contribution in [0.3, 0.4) is 0 Å². The van der Waals surface area contributed by atoms with Crippen molar-refractivity contribution < 1.29 is 9.13 Å². The van der Waals surface area contributed by atoms with Crippen LogP contribution in [0.25, 0.3) is 0 Å². The predicted molar refractivity (Wildman–Crippen MR) is 69.0 cm³/mol. The maximum absolute atomic E-state index is 13.1. The standard InChI is InChI=1S/C13H13FN4O/c1-7-5-9(3-4-10(7)14)19-13-17-8(2)6-11(18-13)12(15)16/h3-6H,1-2H3,(H3,15,16). The lowest BCUT2D eigenvalue weighted by Crippen LogP contribution is -2.14. The summed E-state index contributed by atoms with van der Waals surface area (Å²) >= 11 is 0. The van der Waals surface area contributed by atoms with Crippen LogP contribution in [0.5, 0.6) is 11.8 Å². The molecule has 0 bridgehead atoms. The monoisotopic (exact) mass is 260 g/mol. The number of amidine groups is 1. The number of halogens is 1. The first-order valence-corrected chi connectivity index (χ1v) is 5.60. The molecule has 0 aliphatic carbocycles. The maximum atomic E-state index is 13.1. The molecule has 0 aliphatic rings. The van der Waals surface area contributed by atoms with E-state index >= 15 is 0 Å². The molecule has 1 heterocycles. The zero-order chi connectivity index (χ0) is 14.0. The first-order chi connectivity index (χ1) is 8.95. The van der Waals surface area contributed by atoms with E-state index in [0.717, 1.165) is 0 Å². The van der Waals surface area contributed by atoms with Gasteiger partial charge in [-0.25, -0.2) is 9.37 Å². The third-order valence-corrected chi connectivity index (χ3v) is 2.45. The molecule has 6 heteroatoms. The molecule has 0 radical (unpaired) electrons. The van der Waals surface area contributed by atoms with E-state index < -0.39 is 0 Å². The van der Waals surface area contributed by atoms with E-state index in [9.17, 15) is 4.39 Å². The zero-order valence-electron chi connectivity index (χ0n) is 10.6. The number of nitrogens with one attached hydrogen (secondary N) is 1. The van der Waals surface area contributed by atoms with E-state index in [1.165, 1.54) is 12.1 Å². The van der Waals surface area contributed by atoms with Gasteiger partial charge >= 0.3 is 6.01 Å². The third kappa shape index (κ3) is 3.04. The molecule has 0 saturated carbocycles. The van der Waals surface area contributed by atoms with Crippen LogP contribution in [-0.2, 0) is 0 Å². The summed E-state index contributed by atoms with van der Waals surface area (Å²) in [5, 5.41) is 7.35. The minimum Gasteiger partial charge on any atom is -0.424 e. The van der Waals surface area contributed by atoms with E-state index in [1.807, 2.05) is 0 Å². The van der Waals surface area contributed by atoms with E-state index in [4.69, 9.17) is 15.9 Å². The van der Waals surface area contributed by atoms with Gasteiger partial charge in [0.2, 0.25) is 0 Å². The van der Waals surface area contributed by atoms with E-state index in [0.29, 0.717) is 22.7 Å².